The van der Waals surface area contributed by atoms with Crippen LogP contribution in [0.4, 0.5) is 0 Å². The van der Waals surface area contributed by atoms with Crippen molar-refractivity contribution in [3.05, 3.63) is 0 Å². The molecule has 2 heterocycles. The maximum atomic E-state index is 13.5. The molecule has 142 valence electrons. The standard InChI is InChI=1S/C20H33NO4/c1-14(2)11-19(3,12-17(22)23)18(24)21-13-20(7-9-25-10-8-20)15-5-4-6-16(15)21/h14-16H,4-13H2,1-3H3,(H,22,23)/t15-,16+,19?/m1/s1. The van der Waals surface area contributed by atoms with Crippen LogP contribution in [0.5, 0.6) is 0 Å². The molecule has 1 aliphatic carbocycles. The van der Waals surface area contributed by atoms with Crippen LogP contribution in [0.1, 0.15) is 65.7 Å². The van der Waals surface area contributed by atoms with Crippen LogP contribution in [-0.2, 0) is 14.3 Å². The lowest BCUT2D eigenvalue weighted by atomic mass is 9.71. The summed E-state index contributed by atoms with van der Waals surface area (Å²) in [5.41, 5.74) is -0.596. The van der Waals surface area contributed by atoms with E-state index in [-0.39, 0.29) is 17.7 Å². The van der Waals surface area contributed by atoms with Gasteiger partial charge in [0.2, 0.25) is 5.91 Å². The molecule has 2 saturated heterocycles. The predicted molar refractivity (Wildman–Crippen MR) is 95.1 cm³/mol. The van der Waals surface area contributed by atoms with Crippen LogP contribution in [0, 0.1) is 22.7 Å². The van der Waals surface area contributed by atoms with Crippen molar-refractivity contribution in [1.29, 1.82) is 0 Å². The van der Waals surface area contributed by atoms with Gasteiger partial charge >= 0.3 is 5.97 Å². The molecule has 0 aromatic rings. The third-order valence-electron chi connectivity index (χ3n) is 6.82. The number of carboxylic acids is 1. The Kier molecular flexibility index (Phi) is 5.16. The number of rotatable bonds is 5. The molecule has 3 rings (SSSR count). The zero-order valence-corrected chi connectivity index (χ0v) is 15.9. The molecule has 1 amide bonds. The van der Waals surface area contributed by atoms with Crippen LogP contribution in [0.25, 0.3) is 0 Å². The number of likely N-dealkylation sites (tertiary alicyclic amines) is 1. The largest absolute Gasteiger partial charge is 0.481 e. The van der Waals surface area contributed by atoms with Crippen molar-refractivity contribution >= 4 is 11.9 Å². The lowest BCUT2D eigenvalue weighted by molar-refractivity contribution is -0.152. The van der Waals surface area contributed by atoms with Crippen LogP contribution in [0.15, 0.2) is 0 Å². The lowest BCUT2D eigenvalue weighted by Crippen LogP contribution is -2.47. The Labute approximate surface area is 151 Å². The lowest BCUT2D eigenvalue weighted by Gasteiger charge is -2.38. The molecule has 1 saturated carbocycles. The number of carbonyl (C=O) groups is 2. The summed E-state index contributed by atoms with van der Waals surface area (Å²) >= 11 is 0. The molecule has 2 aliphatic heterocycles. The first kappa shape index (κ1) is 18.7. The van der Waals surface area contributed by atoms with E-state index in [4.69, 9.17) is 4.74 Å². The molecule has 3 fully saturated rings. The van der Waals surface area contributed by atoms with Gasteiger partial charge in [-0.15, -0.1) is 0 Å². The smallest absolute Gasteiger partial charge is 0.304 e. The van der Waals surface area contributed by atoms with Gasteiger partial charge in [0, 0.05) is 25.8 Å². The number of hydrogen-bond acceptors (Lipinski definition) is 3. The van der Waals surface area contributed by atoms with Gasteiger partial charge in [0.25, 0.3) is 0 Å². The van der Waals surface area contributed by atoms with E-state index in [1.165, 1.54) is 12.8 Å². The van der Waals surface area contributed by atoms with Gasteiger partial charge in [0.1, 0.15) is 0 Å². The first-order valence-electron chi connectivity index (χ1n) is 9.88. The van der Waals surface area contributed by atoms with E-state index in [1.807, 2.05) is 6.92 Å². The summed E-state index contributed by atoms with van der Waals surface area (Å²) in [6.45, 7) is 8.39. The predicted octanol–water partition coefficient (Wildman–Crippen LogP) is 3.32. The van der Waals surface area contributed by atoms with Crippen molar-refractivity contribution in [2.24, 2.45) is 22.7 Å². The van der Waals surface area contributed by atoms with E-state index in [2.05, 4.69) is 18.7 Å². The van der Waals surface area contributed by atoms with Crippen LogP contribution in [0.3, 0.4) is 0 Å². The summed E-state index contributed by atoms with van der Waals surface area (Å²) in [7, 11) is 0. The molecule has 0 aromatic carbocycles. The number of ether oxygens (including phenoxy) is 1. The van der Waals surface area contributed by atoms with Crippen molar-refractivity contribution < 1.29 is 19.4 Å². The molecule has 0 radical (unpaired) electrons. The molecule has 0 aromatic heterocycles. The Hall–Kier alpha value is -1.10. The van der Waals surface area contributed by atoms with E-state index < -0.39 is 11.4 Å². The molecule has 3 aliphatic rings. The van der Waals surface area contributed by atoms with Gasteiger partial charge in [0.05, 0.1) is 11.8 Å². The molecular formula is C20H33NO4. The van der Waals surface area contributed by atoms with E-state index in [1.54, 1.807) is 0 Å². The van der Waals surface area contributed by atoms with Gasteiger partial charge in [0.15, 0.2) is 0 Å². The van der Waals surface area contributed by atoms with Crippen molar-refractivity contribution in [3.8, 4) is 0 Å². The molecule has 5 heteroatoms. The van der Waals surface area contributed by atoms with Crippen molar-refractivity contribution in [3.63, 3.8) is 0 Å². The zero-order chi connectivity index (χ0) is 18.2. The summed E-state index contributed by atoms with van der Waals surface area (Å²) in [5, 5.41) is 9.40. The highest BCUT2D eigenvalue weighted by Gasteiger charge is 2.57. The minimum Gasteiger partial charge on any atom is -0.481 e. The van der Waals surface area contributed by atoms with E-state index in [9.17, 15) is 14.7 Å². The maximum Gasteiger partial charge on any atom is 0.304 e. The number of fused-ring (bicyclic) bond motifs is 2. The Morgan fingerprint density at radius 3 is 2.56 bits per heavy atom. The minimum atomic E-state index is -0.876. The van der Waals surface area contributed by atoms with Gasteiger partial charge in [-0.25, -0.2) is 0 Å². The summed E-state index contributed by atoms with van der Waals surface area (Å²) in [5.74, 6) is 0.0733. The SMILES string of the molecule is CC(C)CC(C)(CC(=O)O)C(=O)N1CC2(CCOCC2)[C@@H]2CCC[C@@H]21. The summed E-state index contributed by atoms with van der Waals surface area (Å²) < 4.78 is 5.59. The molecular weight excluding hydrogens is 318 g/mol. The van der Waals surface area contributed by atoms with Crippen molar-refractivity contribution in [1.82, 2.24) is 4.90 Å². The molecule has 25 heavy (non-hydrogen) atoms. The second kappa shape index (κ2) is 6.90. The van der Waals surface area contributed by atoms with Gasteiger partial charge in [-0.3, -0.25) is 9.59 Å². The fourth-order valence-corrected chi connectivity index (χ4v) is 5.95. The quantitative estimate of drug-likeness (QED) is 0.825. The normalized spacial score (nSPS) is 30.5. The summed E-state index contributed by atoms with van der Waals surface area (Å²) in [4.78, 5) is 27.1. The summed E-state index contributed by atoms with van der Waals surface area (Å²) in [6, 6.07) is 0.311. The average molecular weight is 351 g/mol. The number of amides is 1. The highest BCUT2D eigenvalue weighted by Crippen LogP contribution is 2.54. The average Bonchev–Trinajstić information content (AvgIpc) is 3.10. The highest BCUT2D eigenvalue weighted by molar-refractivity contribution is 5.87. The Bertz CT molecular complexity index is 526. The minimum absolute atomic E-state index is 0.0730. The Morgan fingerprint density at radius 2 is 1.96 bits per heavy atom. The number of hydrogen-bond donors (Lipinski definition) is 1. The van der Waals surface area contributed by atoms with Crippen molar-refractivity contribution in [2.75, 3.05) is 19.8 Å². The molecule has 1 unspecified atom stereocenters. The molecule has 0 bridgehead atoms. The Morgan fingerprint density at radius 1 is 1.28 bits per heavy atom. The monoisotopic (exact) mass is 351 g/mol. The third kappa shape index (κ3) is 3.44. The second-order valence-electron chi connectivity index (χ2n) is 9.24. The van der Waals surface area contributed by atoms with E-state index in [0.29, 0.717) is 24.3 Å². The first-order valence-corrected chi connectivity index (χ1v) is 9.88. The molecule has 3 atom stereocenters. The maximum absolute atomic E-state index is 13.5. The molecule has 1 spiro atoms. The van der Waals surface area contributed by atoms with Crippen LogP contribution >= 0.6 is 0 Å². The Balaban J connectivity index is 1.85. The number of aliphatic carboxylic acids is 1. The molecule has 1 N–H and O–H groups in total. The number of nitrogens with zero attached hydrogens (tertiary/aromatic N) is 1. The van der Waals surface area contributed by atoms with E-state index in [0.717, 1.165) is 39.0 Å². The van der Waals surface area contributed by atoms with E-state index >= 15 is 0 Å². The highest BCUT2D eigenvalue weighted by atomic mass is 16.5. The van der Waals surface area contributed by atoms with Gasteiger partial charge in [-0.2, -0.15) is 0 Å². The topological polar surface area (TPSA) is 66.8 Å². The van der Waals surface area contributed by atoms with Crippen molar-refractivity contribution in [2.45, 2.75) is 71.8 Å². The van der Waals surface area contributed by atoms with Gasteiger partial charge in [-0.05, 0) is 49.4 Å². The van der Waals surface area contributed by atoms with Crippen LogP contribution < -0.4 is 0 Å². The fraction of sp³-hybridized carbons (Fsp3) is 0.900. The van der Waals surface area contributed by atoms with Crippen LogP contribution in [0.2, 0.25) is 0 Å². The number of carbonyl (C=O) groups excluding carboxylic acids is 1. The second-order valence-corrected chi connectivity index (χ2v) is 9.24. The number of carboxylic acid groups (broad SMARTS) is 1. The summed E-state index contributed by atoms with van der Waals surface area (Å²) in [6.07, 6.45) is 6.09. The van der Waals surface area contributed by atoms with Gasteiger partial charge in [-0.1, -0.05) is 27.2 Å². The molecule has 5 nitrogen and oxygen atoms in total. The fourth-order valence-electron chi connectivity index (χ4n) is 5.95. The van der Waals surface area contributed by atoms with Gasteiger partial charge < -0.3 is 14.7 Å². The first-order chi connectivity index (χ1) is 11.8. The van der Waals surface area contributed by atoms with Crippen LogP contribution in [-0.4, -0.2) is 47.7 Å². The zero-order valence-electron chi connectivity index (χ0n) is 15.9. The third-order valence-corrected chi connectivity index (χ3v) is 6.82.